The summed E-state index contributed by atoms with van der Waals surface area (Å²) in [6.45, 7) is 6.29. The summed E-state index contributed by atoms with van der Waals surface area (Å²) < 4.78 is 1.02. The van der Waals surface area contributed by atoms with Crippen molar-refractivity contribution in [2.45, 2.75) is 20.3 Å². The number of hydrogen-bond acceptors (Lipinski definition) is 2. The molecule has 0 spiro atoms. The number of pyridine rings is 1. The molecule has 1 heterocycles. The van der Waals surface area contributed by atoms with E-state index in [0.717, 1.165) is 23.3 Å². The molecule has 0 saturated heterocycles. The minimum absolute atomic E-state index is 0.936. The van der Waals surface area contributed by atoms with Gasteiger partial charge in [0.2, 0.25) is 0 Å². The molecular formula is C12H17BrN2. The van der Waals surface area contributed by atoms with Gasteiger partial charge in [0.1, 0.15) is 0 Å². The molecule has 0 aliphatic carbocycles. The summed E-state index contributed by atoms with van der Waals surface area (Å²) >= 11 is 3.37. The number of aromatic nitrogens is 1. The lowest BCUT2D eigenvalue weighted by Crippen LogP contribution is -2.16. The zero-order valence-corrected chi connectivity index (χ0v) is 10.8. The Balaban J connectivity index is 2.50. The van der Waals surface area contributed by atoms with E-state index in [-0.39, 0.29) is 0 Å². The first-order chi connectivity index (χ1) is 7.22. The van der Waals surface area contributed by atoms with E-state index in [2.05, 4.69) is 46.2 Å². The third-order valence-corrected chi connectivity index (χ3v) is 2.44. The lowest BCUT2D eigenvalue weighted by Gasteiger charge is -2.03. The van der Waals surface area contributed by atoms with Gasteiger partial charge in [-0.3, -0.25) is 4.98 Å². The van der Waals surface area contributed by atoms with Crippen LogP contribution in [0, 0.1) is 0 Å². The summed E-state index contributed by atoms with van der Waals surface area (Å²) in [5.41, 5.74) is 2.31. The summed E-state index contributed by atoms with van der Waals surface area (Å²) in [6.07, 6.45) is 5.09. The van der Waals surface area contributed by atoms with Gasteiger partial charge in [-0.25, -0.2) is 0 Å². The van der Waals surface area contributed by atoms with Crippen molar-refractivity contribution < 1.29 is 0 Å². The standard InChI is InChI=1S/C12H17BrN2/c1-3-6-14-8-10(2)7-12-5-4-11(13)9-15-12/h4-5,7,9,14H,3,6,8H2,1-2H3/b10-7+. The van der Waals surface area contributed by atoms with E-state index >= 15 is 0 Å². The van der Waals surface area contributed by atoms with Crippen LogP contribution in [0.15, 0.2) is 28.4 Å². The Kier molecular flexibility index (Phi) is 5.58. The van der Waals surface area contributed by atoms with E-state index in [1.54, 1.807) is 0 Å². The van der Waals surface area contributed by atoms with Crippen molar-refractivity contribution in [3.63, 3.8) is 0 Å². The average Bonchev–Trinajstić information content (AvgIpc) is 2.22. The van der Waals surface area contributed by atoms with Crippen LogP contribution in [0.3, 0.4) is 0 Å². The maximum absolute atomic E-state index is 4.30. The first-order valence-electron chi connectivity index (χ1n) is 5.22. The molecule has 1 N–H and O–H groups in total. The highest BCUT2D eigenvalue weighted by atomic mass is 79.9. The normalized spacial score (nSPS) is 11.8. The first-order valence-corrected chi connectivity index (χ1v) is 6.01. The van der Waals surface area contributed by atoms with Gasteiger partial charge < -0.3 is 5.32 Å². The van der Waals surface area contributed by atoms with Crippen LogP contribution >= 0.6 is 15.9 Å². The van der Waals surface area contributed by atoms with E-state index in [1.165, 1.54) is 12.0 Å². The molecule has 0 unspecified atom stereocenters. The Labute approximate surface area is 99.9 Å². The third kappa shape index (κ3) is 5.09. The summed E-state index contributed by atoms with van der Waals surface area (Å²) in [6, 6.07) is 4.01. The highest BCUT2D eigenvalue weighted by Crippen LogP contribution is 2.09. The molecule has 0 fully saturated rings. The van der Waals surface area contributed by atoms with Crippen LogP contribution in [0.1, 0.15) is 26.0 Å². The SMILES string of the molecule is CCCNC/C(C)=C/c1ccc(Br)cn1. The molecule has 82 valence electrons. The van der Waals surface area contributed by atoms with Crippen LogP contribution in [0.5, 0.6) is 0 Å². The molecule has 0 saturated carbocycles. The van der Waals surface area contributed by atoms with Gasteiger partial charge in [0.05, 0.1) is 5.69 Å². The molecule has 0 radical (unpaired) electrons. The maximum Gasteiger partial charge on any atom is 0.0630 e. The summed E-state index contributed by atoms with van der Waals surface area (Å²) in [7, 11) is 0. The Bertz CT molecular complexity index is 317. The second-order valence-electron chi connectivity index (χ2n) is 3.57. The van der Waals surface area contributed by atoms with Crippen LogP contribution < -0.4 is 5.32 Å². The molecular weight excluding hydrogens is 252 g/mol. The molecule has 15 heavy (non-hydrogen) atoms. The van der Waals surface area contributed by atoms with Gasteiger partial charge in [-0.15, -0.1) is 0 Å². The number of hydrogen-bond donors (Lipinski definition) is 1. The minimum Gasteiger partial charge on any atom is -0.313 e. The second-order valence-corrected chi connectivity index (χ2v) is 4.48. The van der Waals surface area contributed by atoms with Gasteiger partial charge >= 0.3 is 0 Å². The van der Waals surface area contributed by atoms with Gasteiger partial charge in [0.25, 0.3) is 0 Å². The Hall–Kier alpha value is -0.670. The predicted molar refractivity (Wildman–Crippen MR) is 68.7 cm³/mol. The largest absolute Gasteiger partial charge is 0.313 e. The highest BCUT2D eigenvalue weighted by molar-refractivity contribution is 9.10. The molecule has 3 heteroatoms. The Morgan fingerprint density at radius 1 is 1.53 bits per heavy atom. The van der Waals surface area contributed by atoms with Crippen LogP contribution in [0.4, 0.5) is 0 Å². The van der Waals surface area contributed by atoms with Crippen LogP contribution in [-0.4, -0.2) is 18.1 Å². The number of rotatable bonds is 5. The lowest BCUT2D eigenvalue weighted by atomic mass is 10.2. The summed E-state index contributed by atoms with van der Waals surface area (Å²) in [5.74, 6) is 0. The fraction of sp³-hybridized carbons (Fsp3) is 0.417. The van der Waals surface area contributed by atoms with Gasteiger partial charge in [-0.2, -0.15) is 0 Å². The molecule has 2 nitrogen and oxygen atoms in total. The van der Waals surface area contributed by atoms with Crippen LogP contribution in [0.2, 0.25) is 0 Å². The zero-order valence-electron chi connectivity index (χ0n) is 9.26. The van der Waals surface area contributed by atoms with Gasteiger partial charge in [-0.1, -0.05) is 12.5 Å². The molecule has 0 aromatic carbocycles. The summed E-state index contributed by atoms with van der Waals surface area (Å²) in [4.78, 5) is 4.30. The van der Waals surface area contributed by atoms with E-state index in [0.29, 0.717) is 0 Å². The van der Waals surface area contributed by atoms with Gasteiger partial charge in [0, 0.05) is 17.2 Å². The average molecular weight is 269 g/mol. The van der Waals surface area contributed by atoms with Crippen molar-refractivity contribution in [2.75, 3.05) is 13.1 Å². The fourth-order valence-corrected chi connectivity index (χ4v) is 1.47. The topological polar surface area (TPSA) is 24.9 Å². The molecule has 1 rings (SSSR count). The van der Waals surface area contributed by atoms with Crippen LogP contribution in [0.25, 0.3) is 6.08 Å². The molecule has 0 bridgehead atoms. The van der Waals surface area contributed by atoms with E-state index in [4.69, 9.17) is 0 Å². The molecule has 0 aliphatic rings. The van der Waals surface area contributed by atoms with E-state index in [9.17, 15) is 0 Å². The molecule has 0 aliphatic heterocycles. The Morgan fingerprint density at radius 2 is 2.33 bits per heavy atom. The molecule has 0 atom stereocenters. The van der Waals surface area contributed by atoms with Crippen molar-refractivity contribution in [1.29, 1.82) is 0 Å². The summed E-state index contributed by atoms with van der Waals surface area (Å²) in [5, 5.41) is 3.36. The number of halogens is 1. The number of nitrogens with zero attached hydrogens (tertiary/aromatic N) is 1. The first kappa shape index (κ1) is 12.4. The predicted octanol–water partition coefficient (Wildman–Crippen LogP) is 3.25. The third-order valence-electron chi connectivity index (χ3n) is 1.98. The molecule has 0 amide bonds. The fourth-order valence-electron chi connectivity index (χ4n) is 1.24. The van der Waals surface area contributed by atoms with Gasteiger partial charge in [0.15, 0.2) is 0 Å². The molecule has 1 aromatic rings. The van der Waals surface area contributed by atoms with Crippen LogP contribution in [-0.2, 0) is 0 Å². The molecule has 1 aromatic heterocycles. The smallest absolute Gasteiger partial charge is 0.0630 e. The quantitative estimate of drug-likeness (QED) is 0.830. The van der Waals surface area contributed by atoms with Crippen molar-refractivity contribution in [2.24, 2.45) is 0 Å². The monoisotopic (exact) mass is 268 g/mol. The van der Waals surface area contributed by atoms with Crippen molar-refractivity contribution >= 4 is 22.0 Å². The lowest BCUT2D eigenvalue weighted by molar-refractivity contribution is 0.715. The number of nitrogens with one attached hydrogen (secondary N) is 1. The van der Waals surface area contributed by atoms with Crippen molar-refractivity contribution in [3.05, 3.63) is 34.1 Å². The van der Waals surface area contributed by atoms with E-state index < -0.39 is 0 Å². The maximum atomic E-state index is 4.30. The van der Waals surface area contributed by atoms with E-state index in [1.807, 2.05) is 18.3 Å². The second kappa shape index (κ2) is 6.75. The van der Waals surface area contributed by atoms with Crippen molar-refractivity contribution in [3.8, 4) is 0 Å². The minimum atomic E-state index is 0.936. The highest BCUT2D eigenvalue weighted by Gasteiger charge is 1.93. The zero-order chi connectivity index (χ0) is 11.1. The Morgan fingerprint density at radius 3 is 2.93 bits per heavy atom. The van der Waals surface area contributed by atoms with Crippen molar-refractivity contribution in [1.82, 2.24) is 10.3 Å². The van der Waals surface area contributed by atoms with Gasteiger partial charge in [-0.05, 0) is 54.0 Å².